The molecule has 0 aliphatic heterocycles. The Morgan fingerprint density at radius 1 is 0.900 bits per heavy atom. The van der Waals surface area contributed by atoms with Gasteiger partial charge in [0.1, 0.15) is 0 Å². The topological polar surface area (TPSA) is 135 Å². The van der Waals surface area contributed by atoms with E-state index in [1.54, 1.807) is 0 Å². The van der Waals surface area contributed by atoms with E-state index >= 15 is 0 Å². The molecule has 170 valence electrons. The van der Waals surface area contributed by atoms with Crippen molar-refractivity contribution < 1.29 is 57.9 Å². The van der Waals surface area contributed by atoms with Crippen molar-refractivity contribution in [2.75, 3.05) is 13.2 Å². The second kappa shape index (κ2) is 33.6. The Morgan fingerprint density at radius 2 is 1.27 bits per heavy atom. The summed E-state index contributed by atoms with van der Waals surface area (Å²) >= 11 is 0. The standard InChI is InChI=1S/C14H30O3P2.5CO.Mo/c1-6-16-19(15,17-7-2)18-14-10-12(5)8-9-13(14)11(3)4;5*1-2;/h11-14,18H,6-10H2,1-5H3;;;;;;/t12-,13+,14-;;;;;;/m1....../s1. The summed E-state index contributed by atoms with van der Waals surface area (Å²) in [5.74, 6) is 2.06. The van der Waals surface area contributed by atoms with Crippen LogP contribution >= 0.6 is 15.6 Å². The van der Waals surface area contributed by atoms with Crippen LogP contribution in [0.2, 0.25) is 0 Å². The molecule has 0 radical (unpaired) electrons. The third-order valence-electron chi connectivity index (χ3n) is 3.94. The molecule has 8 nitrogen and oxygen atoms in total. The van der Waals surface area contributed by atoms with E-state index in [2.05, 4.69) is 54.0 Å². The van der Waals surface area contributed by atoms with E-state index in [1.807, 2.05) is 13.8 Å². The molecule has 0 heterocycles. The predicted octanol–water partition coefficient (Wildman–Crippen LogP) is 5.12. The maximum absolute atomic E-state index is 12.7. The second-order valence-electron chi connectivity index (χ2n) is 5.89. The van der Waals surface area contributed by atoms with Crippen LogP contribution in [0, 0.1) is 51.0 Å². The van der Waals surface area contributed by atoms with Gasteiger partial charge >= 0.3 is 63.8 Å². The largest absolute Gasteiger partial charge is 0 e. The molecule has 1 rings (SSSR count). The molecule has 1 aliphatic rings. The maximum Gasteiger partial charge on any atom is 0 e. The molecule has 0 saturated heterocycles. The van der Waals surface area contributed by atoms with Crippen LogP contribution in [-0.4, -0.2) is 18.9 Å². The summed E-state index contributed by atoms with van der Waals surface area (Å²) in [6.45, 7) is 34.1. The zero-order chi connectivity index (χ0) is 24.5. The Hall–Kier alpha value is -0.0317. The van der Waals surface area contributed by atoms with E-state index < -0.39 is 7.28 Å². The van der Waals surface area contributed by atoms with Gasteiger partial charge in [0.05, 0.1) is 13.2 Å². The Kier molecular flexibility index (Phi) is 49.0. The molecule has 11 heteroatoms. The Morgan fingerprint density at radius 3 is 1.57 bits per heavy atom. The van der Waals surface area contributed by atoms with Gasteiger partial charge in [-0.3, -0.25) is 4.57 Å². The van der Waals surface area contributed by atoms with E-state index in [9.17, 15) is 4.57 Å². The minimum atomic E-state index is -2.86. The first-order valence-electron chi connectivity index (χ1n) is 8.60. The third kappa shape index (κ3) is 22.6. The second-order valence-corrected chi connectivity index (χ2v) is 10.8. The third-order valence-corrected chi connectivity index (χ3v) is 9.17. The van der Waals surface area contributed by atoms with Crippen molar-refractivity contribution in [3.05, 3.63) is 33.3 Å². The van der Waals surface area contributed by atoms with Crippen LogP contribution in [0.3, 0.4) is 0 Å². The monoisotopic (exact) mass is 546 g/mol. The van der Waals surface area contributed by atoms with Gasteiger partial charge in [-0.05, 0) is 50.1 Å². The van der Waals surface area contributed by atoms with Crippen molar-refractivity contribution in [3.8, 4) is 0 Å². The number of rotatable bonds is 7. The van der Waals surface area contributed by atoms with E-state index in [-0.39, 0.29) is 21.1 Å². The van der Waals surface area contributed by atoms with Crippen molar-refractivity contribution in [1.82, 2.24) is 0 Å². The SMILES string of the molecule is CCOP(=O)(OCC)P[C@@H]1C[C@H](C)CC[C@H]1C(C)C.[C-]#[O+].[C-]#[O+].[C-]#[O+].[C-]#[O+].[C-]#[O+].[Mo]. The minimum Gasteiger partial charge on any atom is 0 e. The van der Waals surface area contributed by atoms with E-state index in [0.29, 0.717) is 39.0 Å². The van der Waals surface area contributed by atoms with Crippen LogP contribution in [-0.2, 0) is 57.9 Å². The predicted molar refractivity (Wildman–Crippen MR) is 104 cm³/mol. The van der Waals surface area contributed by atoms with Crippen LogP contribution in [0.1, 0.15) is 53.9 Å². The molecule has 0 amide bonds. The Labute approximate surface area is 197 Å². The number of hydrogen-bond acceptors (Lipinski definition) is 3. The molecule has 4 atom stereocenters. The molecule has 0 spiro atoms. The van der Waals surface area contributed by atoms with Crippen molar-refractivity contribution in [1.29, 1.82) is 0 Å². The van der Waals surface area contributed by atoms with Gasteiger partial charge in [-0.1, -0.05) is 27.2 Å². The van der Waals surface area contributed by atoms with Gasteiger partial charge < -0.3 is 9.05 Å². The summed E-state index contributed by atoms with van der Waals surface area (Å²) in [7, 11) is -2.55. The summed E-state index contributed by atoms with van der Waals surface area (Å²) in [4.78, 5) is 0. The maximum atomic E-state index is 12.7. The van der Waals surface area contributed by atoms with E-state index in [1.165, 1.54) is 19.3 Å². The summed E-state index contributed by atoms with van der Waals surface area (Å²) < 4.78 is 61.2. The fourth-order valence-corrected chi connectivity index (χ4v) is 8.90. The Balaban J connectivity index is -0.000000114. The van der Waals surface area contributed by atoms with Crippen molar-refractivity contribution >= 4 is 15.6 Å². The Bertz CT molecular complexity index is 458. The van der Waals surface area contributed by atoms with Crippen LogP contribution in [0.15, 0.2) is 0 Å². The van der Waals surface area contributed by atoms with E-state index in [4.69, 9.17) is 32.3 Å². The summed E-state index contributed by atoms with van der Waals surface area (Å²) in [6, 6.07) is 0. The van der Waals surface area contributed by atoms with Crippen molar-refractivity contribution in [2.45, 2.75) is 59.5 Å². The van der Waals surface area contributed by atoms with Crippen LogP contribution in [0.25, 0.3) is 0 Å². The zero-order valence-electron chi connectivity index (χ0n) is 18.0. The molecule has 1 unspecified atom stereocenters. The molecule has 1 fully saturated rings. The fraction of sp³-hybridized carbons (Fsp3) is 0.737. The summed E-state index contributed by atoms with van der Waals surface area (Å²) in [5, 5.41) is 0. The van der Waals surface area contributed by atoms with Crippen molar-refractivity contribution in [3.63, 3.8) is 0 Å². The first-order chi connectivity index (χ1) is 13.9. The molecule has 1 saturated carbocycles. The average Bonchev–Trinajstić information content (AvgIpc) is 2.75. The van der Waals surface area contributed by atoms with Gasteiger partial charge in [0.25, 0.3) is 0 Å². The van der Waals surface area contributed by atoms with Crippen LogP contribution in [0.4, 0.5) is 0 Å². The molecule has 0 aromatic rings. The molecular weight excluding hydrogens is 514 g/mol. The molecule has 0 aromatic carbocycles. The smallest absolute Gasteiger partial charge is 0 e. The van der Waals surface area contributed by atoms with Gasteiger partial charge in [0.15, 0.2) is 0 Å². The van der Waals surface area contributed by atoms with Gasteiger partial charge in [-0.2, -0.15) is 0 Å². The summed E-state index contributed by atoms with van der Waals surface area (Å²) in [6.07, 6.45) is 3.73. The molecule has 1 aliphatic carbocycles. The molecular formula is C19H30MoO8P2. The quantitative estimate of drug-likeness (QED) is 0.191. The first-order valence-corrected chi connectivity index (χ1v) is 12.1. The van der Waals surface area contributed by atoms with Crippen LogP contribution in [0.5, 0.6) is 0 Å². The van der Waals surface area contributed by atoms with Gasteiger partial charge in [-0.25, -0.2) is 0 Å². The van der Waals surface area contributed by atoms with Crippen molar-refractivity contribution in [2.24, 2.45) is 17.8 Å². The normalized spacial score (nSPS) is 19.0. The van der Waals surface area contributed by atoms with Crippen LogP contribution < -0.4 is 0 Å². The van der Waals surface area contributed by atoms with Gasteiger partial charge in [0.2, 0.25) is 0 Å². The zero-order valence-corrected chi connectivity index (χ0v) is 21.9. The number of hydrogen-bond donors (Lipinski definition) is 0. The molecule has 0 bridgehead atoms. The average molecular weight is 544 g/mol. The minimum absolute atomic E-state index is 0. The fourth-order valence-electron chi connectivity index (χ4n) is 3.01. The molecule has 0 aromatic heterocycles. The summed E-state index contributed by atoms with van der Waals surface area (Å²) in [5.41, 5.74) is 0.507. The molecule has 30 heavy (non-hydrogen) atoms. The first kappa shape index (κ1) is 43.8. The van der Waals surface area contributed by atoms with E-state index in [0.717, 1.165) is 5.92 Å². The molecule has 0 N–H and O–H groups in total. The van der Waals surface area contributed by atoms with Gasteiger partial charge in [-0.15, -0.1) is 0 Å². The van der Waals surface area contributed by atoms with Gasteiger partial charge in [0, 0.05) is 29.3 Å².